The van der Waals surface area contributed by atoms with E-state index in [0.29, 0.717) is 11.3 Å². The normalized spacial score (nSPS) is 10.8. The number of nitrogens with one attached hydrogen (secondary N) is 1. The van der Waals surface area contributed by atoms with E-state index < -0.39 is 17.7 Å². The molecule has 0 spiro atoms. The predicted octanol–water partition coefficient (Wildman–Crippen LogP) is 4.91. The van der Waals surface area contributed by atoms with Gasteiger partial charge in [0, 0.05) is 5.69 Å². The van der Waals surface area contributed by atoms with Crippen molar-refractivity contribution < 1.29 is 23.5 Å². The third-order valence-electron chi connectivity index (χ3n) is 4.55. The Morgan fingerprint density at radius 2 is 1.75 bits per heavy atom. The van der Waals surface area contributed by atoms with Gasteiger partial charge in [-0.3, -0.25) is 4.79 Å². The Labute approximate surface area is 184 Å². The van der Waals surface area contributed by atoms with Crippen LogP contribution < -0.4 is 14.8 Å². The van der Waals surface area contributed by atoms with Crippen molar-refractivity contribution in [3.05, 3.63) is 94.8 Å². The molecule has 0 saturated heterocycles. The maximum atomic E-state index is 13.8. The number of esters is 1. The van der Waals surface area contributed by atoms with E-state index in [1.165, 1.54) is 43.5 Å². The average Bonchev–Trinajstić information content (AvgIpc) is 2.79. The van der Waals surface area contributed by atoms with Gasteiger partial charge in [0.1, 0.15) is 17.5 Å². The lowest BCUT2D eigenvalue weighted by molar-refractivity contribution is -0.112. The van der Waals surface area contributed by atoms with Crippen LogP contribution in [0.3, 0.4) is 0 Å². The first-order valence-corrected chi connectivity index (χ1v) is 9.56. The van der Waals surface area contributed by atoms with E-state index in [1.807, 2.05) is 25.1 Å². The Bertz CT molecular complexity index is 1240. The average molecular weight is 430 g/mol. The largest absolute Gasteiger partial charge is 0.493 e. The number of rotatable bonds is 6. The van der Waals surface area contributed by atoms with E-state index in [1.54, 1.807) is 18.2 Å². The van der Waals surface area contributed by atoms with E-state index in [4.69, 9.17) is 9.47 Å². The molecule has 3 aromatic rings. The van der Waals surface area contributed by atoms with Gasteiger partial charge in [0.15, 0.2) is 11.5 Å². The number of nitrogens with zero attached hydrogens (tertiary/aromatic N) is 1. The summed E-state index contributed by atoms with van der Waals surface area (Å²) in [6.07, 6.45) is 1.39. The summed E-state index contributed by atoms with van der Waals surface area (Å²) in [5.74, 6) is -1.88. The highest BCUT2D eigenvalue weighted by Gasteiger charge is 2.17. The van der Waals surface area contributed by atoms with Crippen molar-refractivity contribution >= 4 is 23.6 Å². The monoisotopic (exact) mass is 430 g/mol. The molecule has 0 saturated carbocycles. The van der Waals surface area contributed by atoms with Crippen LogP contribution in [-0.2, 0) is 4.79 Å². The third-order valence-corrected chi connectivity index (χ3v) is 4.55. The predicted molar refractivity (Wildman–Crippen MR) is 118 cm³/mol. The molecule has 7 heteroatoms. The third kappa shape index (κ3) is 5.18. The lowest BCUT2D eigenvalue weighted by atomic mass is 10.1. The lowest BCUT2D eigenvalue weighted by Gasteiger charge is -2.11. The molecule has 0 radical (unpaired) electrons. The molecule has 0 atom stereocenters. The molecular formula is C25H19FN2O4. The zero-order chi connectivity index (χ0) is 23.1. The molecule has 0 aliphatic rings. The molecule has 0 aliphatic carbocycles. The fourth-order valence-electron chi connectivity index (χ4n) is 2.86. The van der Waals surface area contributed by atoms with E-state index in [0.717, 1.165) is 11.6 Å². The molecule has 3 rings (SSSR count). The van der Waals surface area contributed by atoms with Gasteiger partial charge in [-0.1, -0.05) is 36.4 Å². The number of hydrogen-bond acceptors (Lipinski definition) is 5. The molecule has 32 heavy (non-hydrogen) atoms. The number of hydrogen-bond donors (Lipinski definition) is 1. The smallest absolute Gasteiger partial charge is 0.346 e. The lowest BCUT2D eigenvalue weighted by Crippen LogP contribution is -2.14. The summed E-state index contributed by atoms with van der Waals surface area (Å²) in [5, 5.41) is 12.1. The summed E-state index contributed by atoms with van der Waals surface area (Å²) < 4.78 is 24.3. The Morgan fingerprint density at radius 3 is 2.44 bits per heavy atom. The highest BCUT2D eigenvalue weighted by molar-refractivity contribution is 6.10. The van der Waals surface area contributed by atoms with Crippen LogP contribution in [0.15, 0.2) is 72.3 Å². The maximum absolute atomic E-state index is 13.8. The fraction of sp³-hybridized carbons (Fsp3) is 0.0800. The summed E-state index contributed by atoms with van der Waals surface area (Å²) in [7, 11) is 1.37. The number of ether oxygens (including phenoxy) is 2. The highest BCUT2D eigenvalue weighted by Crippen LogP contribution is 2.30. The van der Waals surface area contributed by atoms with Crippen LogP contribution in [0.2, 0.25) is 0 Å². The Balaban J connectivity index is 1.82. The van der Waals surface area contributed by atoms with Crippen molar-refractivity contribution in [3.63, 3.8) is 0 Å². The minimum atomic E-state index is -0.875. The summed E-state index contributed by atoms with van der Waals surface area (Å²) >= 11 is 0. The maximum Gasteiger partial charge on any atom is 0.346 e. The summed E-state index contributed by atoms with van der Waals surface area (Å²) in [5.41, 5.74) is 1.61. The Hall–Kier alpha value is -4.44. The molecule has 0 aliphatic heterocycles. The second-order valence-electron chi connectivity index (χ2n) is 6.72. The molecule has 0 aromatic heterocycles. The second-order valence-corrected chi connectivity index (χ2v) is 6.72. The quantitative estimate of drug-likeness (QED) is 0.260. The van der Waals surface area contributed by atoms with Crippen molar-refractivity contribution in [2.75, 3.05) is 12.4 Å². The van der Waals surface area contributed by atoms with E-state index in [9.17, 15) is 19.2 Å². The van der Waals surface area contributed by atoms with Gasteiger partial charge in [0.25, 0.3) is 5.91 Å². The molecule has 0 heterocycles. The van der Waals surface area contributed by atoms with Crippen molar-refractivity contribution in [1.82, 2.24) is 0 Å². The van der Waals surface area contributed by atoms with Gasteiger partial charge in [0.05, 0.1) is 12.7 Å². The minimum absolute atomic E-state index is 0.0702. The number of aryl methyl sites for hydroxylation is 1. The van der Waals surface area contributed by atoms with Crippen LogP contribution in [0.1, 0.15) is 21.5 Å². The summed E-state index contributed by atoms with van der Waals surface area (Å²) in [6, 6.07) is 19.1. The molecule has 0 fully saturated rings. The molecule has 160 valence electrons. The number of carbonyl (C=O) groups is 2. The zero-order valence-electron chi connectivity index (χ0n) is 17.4. The van der Waals surface area contributed by atoms with Crippen LogP contribution in [0.4, 0.5) is 10.1 Å². The molecule has 6 nitrogen and oxygen atoms in total. The standard InChI is InChI=1S/C25H19FN2O4/c1-16-7-3-6-10-21(16)28-24(29)18(15-27)13-17-11-12-22(23(14-17)31-2)32-25(30)19-8-4-5-9-20(19)26/h3-14H,1-2H3,(H,28,29)/b18-13+. The number of anilines is 1. The van der Waals surface area contributed by atoms with Crippen LogP contribution >= 0.6 is 0 Å². The number of benzene rings is 3. The van der Waals surface area contributed by atoms with Gasteiger partial charge in [-0.05, 0) is 54.5 Å². The van der Waals surface area contributed by atoms with Crippen molar-refractivity contribution in [3.8, 4) is 17.6 Å². The van der Waals surface area contributed by atoms with Gasteiger partial charge >= 0.3 is 5.97 Å². The highest BCUT2D eigenvalue weighted by atomic mass is 19.1. The SMILES string of the molecule is COc1cc(/C=C(\C#N)C(=O)Nc2ccccc2C)ccc1OC(=O)c1ccccc1F. The number of carbonyl (C=O) groups excluding carboxylic acids is 2. The van der Waals surface area contributed by atoms with Crippen LogP contribution in [0.25, 0.3) is 6.08 Å². The molecule has 0 unspecified atom stereocenters. The van der Waals surface area contributed by atoms with Gasteiger partial charge in [-0.15, -0.1) is 0 Å². The van der Waals surface area contributed by atoms with Gasteiger partial charge < -0.3 is 14.8 Å². The molecule has 1 N–H and O–H groups in total. The van der Waals surface area contributed by atoms with Gasteiger partial charge in [-0.25, -0.2) is 9.18 Å². The topological polar surface area (TPSA) is 88.4 Å². The summed E-state index contributed by atoms with van der Waals surface area (Å²) in [6.45, 7) is 1.84. The number of para-hydroxylation sites is 1. The fourth-order valence-corrected chi connectivity index (χ4v) is 2.86. The first kappa shape index (κ1) is 22.2. The van der Waals surface area contributed by atoms with Crippen molar-refractivity contribution in [1.29, 1.82) is 5.26 Å². The van der Waals surface area contributed by atoms with Crippen LogP contribution in [0, 0.1) is 24.1 Å². The van der Waals surface area contributed by atoms with Crippen molar-refractivity contribution in [2.24, 2.45) is 0 Å². The first-order valence-electron chi connectivity index (χ1n) is 9.56. The van der Waals surface area contributed by atoms with Gasteiger partial charge in [0.2, 0.25) is 0 Å². The van der Waals surface area contributed by atoms with Crippen LogP contribution in [-0.4, -0.2) is 19.0 Å². The van der Waals surface area contributed by atoms with Crippen molar-refractivity contribution in [2.45, 2.75) is 6.92 Å². The Kier molecular flexibility index (Phi) is 6.99. The first-order chi connectivity index (χ1) is 15.4. The number of amides is 1. The summed E-state index contributed by atoms with van der Waals surface area (Å²) in [4.78, 5) is 24.8. The van der Waals surface area contributed by atoms with E-state index in [2.05, 4.69) is 5.32 Å². The molecule has 3 aromatic carbocycles. The number of nitriles is 1. The van der Waals surface area contributed by atoms with Gasteiger partial charge in [-0.2, -0.15) is 5.26 Å². The van der Waals surface area contributed by atoms with Crippen LogP contribution in [0.5, 0.6) is 11.5 Å². The minimum Gasteiger partial charge on any atom is -0.493 e. The molecule has 1 amide bonds. The molecule has 0 bridgehead atoms. The Morgan fingerprint density at radius 1 is 1.03 bits per heavy atom. The zero-order valence-corrected chi connectivity index (χ0v) is 17.4. The second kappa shape index (κ2) is 10.0. The number of halogens is 1. The molecular weight excluding hydrogens is 411 g/mol. The number of methoxy groups -OCH3 is 1. The van der Waals surface area contributed by atoms with E-state index in [-0.39, 0.29) is 22.6 Å². The van der Waals surface area contributed by atoms with E-state index >= 15 is 0 Å².